The van der Waals surface area contributed by atoms with Gasteiger partial charge in [-0.05, 0) is 55.5 Å². The van der Waals surface area contributed by atoms with Crippen LogP contribution in [0.2, 0.25) is 0 Å². The summed E-state index contributed by atoms with van der Waals surface area (Å²) in [6.07, 6.45) is 0.389. The van der Waals surface area contributed by atoms with Crippen molar-refractivity contribution in [3.8, 4) is 11.1 Å². The van der Waals surface area contributed by atoms with E-state index in [0.717, 1.165) is 48.4 Å². The van der Waals surface area contributed by atoms with Crippen molar-refractivity contribution in [2.75, 3.05) is 5.73 Å². The number of nitrogens with two attached hydrogens (primary N) is 1. The topological polar surface area (TPSA) is 71.8 Å². The Kier molecular flexibility index (Phi) is 4.60. The molecule has 3 N–H and O–H groups in total. The van der Waals surface area contributed by atoms with Crippen molar-refractivity contribution in [3.05, 3.63) is 94.5 Å². The minimum absolute atomic E-state index is 0.115. The number of anilines is 1. The molecule has 4 aromatic carbocycles. The van der Waals surface area contributed by atoms with Crippen molar-refractivity contribution in [1.82, 2.24) is 10.2 Å². The van der Waals surface area contributed by atoms with Crippen LogP contribution in [0, 0.1) is 0 Å². The first-order valence-electron chi connectivity index (χ1n) is 9.64. The van der Waals surface area contributed by atoms with Crippen molar-refractivity contribution in [1.29, 1.82) is 0 Å². The molecule has 0 aliphatic carbocycles. The quantitative estimate of drug-likeness (QED) is 0.319. The number of aromatic amines is 1. The van der Waals surface area contributed by atoms with Crippen LogP contribution in [-0.4, -0.2) is 16.0 Å². The number of hydrogen-bond acceptors (Lipinski definition) is 3. The molecular weight excluding hydrogens is 438 g/mol. The fraction of sp³-hybridized carbons (Fsp3) is 0.0400. The third kappa shape index (κ3) is 3.17. The fourth-order valence-electron chi connectivity index (χ4n) is 3.94. The minimum atomic E-state index is 0.115. The molecule has 1 heterocycles. The van der Waals surface area contributed by atoms with Crippen LogP contribution in [0.1, 0.15) is 15.9 Å². The average molecular weight is 456 g/mol. The Bertz CT molecular complexity index is 1410. The van der Waals surface area contributed by atoms with Gasteiger partial charge >= 0.3 is 0 Å². The lowest BCUT2D eigenvalue weighted by Crippen LogP contribution is -2.04. The first kappa shape index (κ1) is 18.6. The molecule has 0 atom stereocenters. The molecule has 30 heavy (non-hydrogen) atoms. The van der Waals surface area contributed by atoms with Gasteiger partial charge in [-0.2, -0.15) is 5.10 Å². The summed E-state index contributed by atoms with van der Waals surface area (Å²) in [5.41, 5.74) is 10.8. The maximum Gasteiger partial charge on any atom is 0.167 e. The van der Waals surface area contributed by atoms with Crippen LogP contribution in [0.3, 0.4) is 0 Å². The summed E-state index contributed by atoms with van der Waals surface area (Å²) < 4.78 is 0.917. The molecule has 0 amide bonds. The van der Waals surface area contributed by atoms with E-state index in [9.17, 15) is 4.79 Å². The van der Waals surface area contributed by atoms with Gasteiger partial charge in [0.2, 0.25) is 0 Å². The molecule has 0 spiro atoms. The number of nitrogens with zero attached hydrogens (tertiary/aromatic N) is 1. The SMILES string of the molecule is Nc1n[nH]c2c(Br)ccc(-c3ccc4c(C(=O)Cc5ccccc5)cccc4c3)c12. The Hall–Kier alpha value is -3.44. The lowest BCUT2D eigenvalue weighted by molar-refractivity contribution is 0.0994. The van der Waals surface area contributed by atoms with Gasteiger partial charge in [-0.15, -0.1) is 0 Å². The summed E-state index contributed by atoms with van der Waals surface area (Å²) in [5.74, 6) is 0.581. The molecule has 5 rings (SSSR count). The second-order valence-electron chi connectivity index (χ2n) is 7.28. The van der Waals surface area contributed by atoms with E-state index in [1.54, 1.807) is 0 Å². The number of carbonyl (C=O) groups excluding carboxylic acids is 1. The zero-order valence-corrected chi connectivity index (χ0v) is 17.6. The highest BCUT2D eigenvalue weighted by molar-refractivity contribution is 9.10. The molecule has 0 saturated heterocycles. The van der Waals surface area contributed by atoms with E-state index in [1.165, 1.54) is 0 Å². The van der Waals surface area contributed by atoms with Crippen LogP contribution in [0.15, 0.2) is 83.3 Å². The van der Waals surface area contributed by atoms with E-state index in [-0.39, 0.29) is 5.78 Å². The fourth-order valence-corrected chi connectivity index (χ4v) is 4.36. The van der Waals surface area contributed by atoms with Crippen LogP contribution in [0.5, 0.6) is 0 Å². The largest absolute Gasteiger partial charge is 0.382 e. The number of fused-ring (bicyclic) bond motifs is 2. The predicted octanol–water partition coefficient (Wildman–Crippen LogP) is 6.15. The van der Waals surface area contributed by atoms with Gasteiger partial charge in [0.1, 0.15) is 0 Å². The van der Waals surface area contributed by atoms with Crippen molar-refractivity contribution in [2.24, 2.45) is 0 Å². The normalized spacial score (nSPS) is 11.2. The van der Waals surface area contributed by atoms with Gasteiger partial charge in [0, 0.05) is 16.5 Å². The number of benzene rings is 4. The molecule has 5 aromatic rings. The molecule has 0 fully saturated rings. The van der Waals surface area contributed by atoms with Crippen LogP contribution in [0.25, 0.3) is 32.8 Å². The highest BCUT2D eigenvalue weighted by Crippen LogP contribution is 2.36. The van der Waals surface area contributed by atoms with Gasteiger partial charge in [0.15, 0.2) is 11.6 Å². The molecule has 0 unspecified atom stereocenters. The number of H-pyrrole nitrogens is 1. The zero-order chi connectivity index (χ0) is 20.7. The number of nitrogens with one attached hydrogen (secondary N) is 1. The van der Waals surface area contributed by atoms with E-state index in [1.807, 2.05) is 72.8 Å². The summed E-state index contributed by atoms with van der Waals surface area (Å²) in [5, 5.41) is 10.0. The molecule has 5 heteroatoms. The van der Waals surface area contributed by atoms with Gasteiger partial charge < -0.3 is 5.73 Å². The van der Waals surface area contributed by atoms with Crippen molar-refractivity contribution in [2.45, 2.75) is 6.42 Å². The number of ketones is 1. The molecule has 0 bridgehead atoms. The molecule has 0 saturated carbocycles. The van der Waals surface area contributed by atoms with Crippen LogP contribution in [0.4, 0.5) is 5.82 Å². The van der Waals surface area contributed by atoms with Crippen LogP contribution >= 0.6 is 15.9 Å². The maximum absolute atomic E-state index is 13.0. The zero-order valence-electron chi connectivity index (χ0n) is 16.0. The lowest BCUT2D eigenvalue weighted by atomic mass is 9.94. The highest BCUT2D eigenvalue weighted by Gasteiger charge is 2.15. The average Bonchev–Trinajstić information content (AvgIpc) is 3.16. The first-order valence-corrected chi connectivity index (χ1v) is 10.4. The van der Waals surface area contributed by atoms with Crippen molar-refractivity contribution in [3.63, 3.8) is 0 Å². The summed E-state index contributed by atoms with van der Waals surface area (Å²) in [7, 11) is 0. The van der Waals surface area contributed by atoms with Gasteiger partial charge in [0.25, 0.3) is 0 Å². The number of aromatic nitrogens is 2. The Morgan fingerprint density at radius 1 is 0.967 bits per heavy atom. The highest BCUT2D eigenvalue weighted by atomic mass is 79.9. The second kappa shape index (κ2) is 7.43. The van der Waals surface area contributed by atoms with Gasteiger partial charge in [0.05, 0.1) is 10.9 Å². The van der Waals surface area contributed by atoms with Crippen LogP contribution in [-0.2, 0) is 6.42 Å². The number of Topliss-reactive ketones (excluding diaryl/α,β-unsaturated/α-hetero) is 1. The van der Waals surface area contributed by atoms with Crippen LogP contribution < -0.4 is 5.73 Å². The van der Waals surface area contributed by atoms with E-state index in [4.69, 9.17) is 5.73 Å². The van der Waals surface area contributed by atoms with Crippen molar-refractivity contribution < 1.29 is 4.79 Å². The molecule has 0 aliphatic heterocycles. The molecule has 4 nitrogen and oxygen atoms in total. The summed E-state index contributed by atoms with van der Waals surface area (Å²) in [6, 6.07) is 25.9. The third-order valence-electron chi connectivity index (χ3n) is 5.40. The van der Waals surface area contributed by atoms with E-state index in [0.29, 0.717) is 12.2 Å². The number of halogens is 1. The molecule has 146 valence electrons. The Morgan fingerprint density at radius 2 is 1.80 bits per heavy atom. The Balaban J connectivity index is 1.59. The molecule has 0 radical (unpaired) electrons. The summed E-state index contributed by atoms with van der Waals surface area (Å²) >= 11 is 3.54. The molecule has 0 aliphatic rings. The van der Waals surface area contributed by atoms with Crippen molar-refractivity contribution >= 4 is 49.2 Å². The maximum atomic E-state index is 13.0. The van der Waals surface area contributed by atoms with E-state index < -0.39 is 0 Å². The standard InChI is InChI=1S/C25H18BrN3O/c26-21-12-11-19(23-24(21)28-29-25(23)27)17-9-10-18-16(14-17)7-4-8-20(18)22(30)13-15-5-2-1-3-6-15/h1-12,14H,13H2,(H3,27,28,29). The summed E-state index contributed by atoms with van der Waals surface area (Å²) in [6.45, 7) is 0. The van der Waals surface area contributed by atoms with Gasteiger partial charge in [-0.3, -0.25) is 9.89 Å². The smallest absolute Gasteiger partial charge is 0.167 e. The van der Waals surface area contributed by atoms with Gasteiger partial charge in [-0.25, -0.2) is 0 Å². The van der Waals surface area contributed by atoms with E-state index in [2.05, 4.69) is 32.2 Å². The number of rotatable bonds is 4. The van der Waals surface area contributed by atoms with E-state index >= 15 is 0 Å². The van der Waals surface area contributed by atoms with Gasteiger partial charge in [-0.1, -0.05) is 66.7 Å². The number of hydrogen-bond donors (Lipinski definition) is 2. The lowest BCUT2D eigenvalue weighted by Gasteiger charge is -2.10. The second-order valence-corrected chi connectivity index (χ2v) is 8.14. The minimum Gasteiger partial charge on any atom is -0.382 e. The summed E-state index contributed by atoms with van der Waals surface area (Å²) in [4.78, 5) is 13.0. The number of carbonyl (C=O) groups is 1. The number of nitrogen functional groups attached to an aromatic ring is 1. The molecule has 1 aromatic heterocycles. The Morgan fingerprint density at radius 3 is 2.63 bits per heavy atom. The monoisotopic (exact) mass is 455 g/mol. The Labute approximate surface area is 181 Å². The first-order chi connectivity index (χ1) is 14.6. The molecular formula is C25H18BrN3O. The predicted molar refractivity (Wildman–Crippen MR) is 126 cm³/mol. The third-order valence-corrected chi connectivity index (χ3v) is 6.06.